The Kier molecular flexibility index (Phi) is 1.86. The SMILES string of the molecule is O=C(O)[C@H]1CSC2(CC3CCC2C3)N1. The van der Waals surface area contributed by atoms with Crippen LogP contribution in [0.25, 0.3) is 0 Å². The Bertz CT molecular complexity index is 283. The zero-order chi connectivity index (χ0) is 9.76. The van der Waals surface area contributed by atoms with Gasteiger partial charge in [-0.2, -0.15) is 0 Å². The number of aliphatic carboxylic acids is 1. The van der Waals surface area contributed by atoms with Gasteiger partial charge in [-0.05, 0) is 37.5 Å². The summed E-state index contributed by atoms with van der Waals surface area (Å²) >= 11 is 1.86. The first kappa shape index (κ1) is 9.04. The molecule has 3 aliphatic rings. The average molecular weight is 213 g/mol. The van der Waals surface area contributed by atoms with Gasteiger partial charge in [0.1, 0.15) is 6.04 Å². The highest BCUT2D eigenvalue weighted by Crippen LogP contribution is 2.57. The topological polar surface area (TPSA) is 49.3 Å². The Morgan fingerprint density at radius 3 is 2.86 bits per heavy atom. The lowest BCUT2D eigenvalue weighted by Gasteiger charge is -2.33. The number of fused-ring (bicyclic) bond motifs is 3. The smallest absolute Gasteiger partial charge is 0.321 e. The number of thioether (sulfide) groups is 1. The molecular weight excluding hydrogens is 198 g/mol. The van der Waals surface area contributed by atoms with E-state index in [2.05, 4.69) is 5.32 Å². The predicted molar refractivity (Wildman–Crippen MR) is 55.2 cm³/mol. The van der Waals surface area contributed by atoms with Gasteiger partial charge in [0, 0.05) is 5.75 Å². The maximum Gasteiger partial charge on any atom is 0.321 e. The van der Waals surface area contributed by atoms with Crippen molar-refractivity contribution in [3.05, 3.63) is 0 Å². The van der Waals surface area contributed by atoms with E-state index in [-0.39, 0.29) is 10.9 Å². The van der Waals surface area contributed by atoms with E-state index in [1.165, 1.54) is 25.7 Å². The lowest BCUT2D eigenvalue weighted by molar-refractivity contribution is -0.139. The Morgan fingerprint density at radius 1 is 1.50 bits per heavy atom. The van der Waals surface area contributed by atoms with Crippen LogP contribution in [0.5, 0.6) is 0 Å². The summed E-state index contributed by atoms with van der Waals surface area (Å²) in [6.07, 6.45) is 5.20. The van der Waals surface area contributed by atoms with Crippen molar-refractivity contribution in [2.45, 2.75) is 36.6 Å². The number of carboxylic acid groups (broad SMARTS) is 1. The van der Waals surface area contributed by atoms with Crippen LogP contribution in [-0.2, 0) is 4.79 Å². The van der Waals surface area contributed by atoms with Gasteiger partial charge >= 0.3 is 5.97 Å². The Labute approximate surface area is 87.6 Å². The normalized spacial score (nSPS) is 50.4. The first-order valence-corrected chi connectivity index (χ1v) is 6.33. The molecule has 1 spiro atoms. The van der Waals surface area contributed by atoms with Crippen LogP contribution in [0.2, 0.25) is 0 Å². The van der Waals surface area contributed by atoms with Crippen LogP contribution < -0.4 is 5.32 Å². The highest BCUT2D eigenvalue weighted by molar-refractivity contribution is 8.01. The molecule has 1 saturated heterocycles. The van der Waals surface area contributed by atoms with Crippen molar-refractivity contribution in [1.82, 2.24) is 5.32 Å². The number of rotatable bonds is 1. The molecule has 2 saturated carbocycles. The summed E-state index contributed by atoms with van der Waals surface area (Å²) in [5, 5.41) is 12.3. The van der Waals surface area contributed by atoms with E-state index in [4.69, 9.17) is 5.11 Å². The van der Waals surface area contributed by atoms with Gasteiger partial charge in [-0.25, -0.2) is 0 Å². The molecule has 3 fully saturated rings. The second-order valence-corrected chi connectivity index (χ2v) is 6.17. The molecule has 3 rings (SSSR count). The minimum Gasteiger partial charge on any atom is -0.480 e. The Hall–Kier alpha value is -0.220. The largest absolute Gasteiger partial charge is 0.480 e. The molecule has 0 aromatic rings. The van der Waals surface area contributed by atoms with E-state index < -0.39 is 5.97 Å². The van der Waals surface area contributed by atoms with E-state index in [9.17, 15) is 4.79 Å². The fourth-order valence-corrected chi connectivity index (χ4v) is 5.10. The summed E-state index contributed by atoms with van der Waals surface area (Å²) in [7, 11) is 0. The summed E-state index contributed by atoms with van der Waals surface area (Å²) in [5.74, 6) is 1.67. The van der Waals surface area contributed by atoms with E-state index in [1.807, 2.05) is 11.8 Å². The van der Waals surface area contributed by atoms with E-state index in [0.717, 1.165) is 17.6 Å². The van der Waals surface area contributed by atoms with E-state index in [0.29, 0.717) is 0 Å². The van der Waals surface area contributed by atoms with Crippen molar-refractivity contribution in [2.75, 3.05) is 5.75 Å². The Morgan fingerprint density at radius 2 is 2.36 bits per heavy atom. The molecule has 2 aliphatic carbocycles. The minimum absolute atomic E-state index is 0.145. The quantitative estimate of drug-likeness (QED) is 0.689. The number of hydrogen-bond donors (Lipinski definition) is 2. The standard InChI is InChI=1S/C10H15NO2S/c12-9(13)8-5-14-10(11-8)4-6-1-2-7(10)3-6/h6-8,11H,1-5H2,(H,12,13)/t6?,7?,8-,10?/m1/s1. The first-order valence-electron chi connectivity index (χ1n) is 5.34. The van der Waals surface area contributed by atoms with E-state index in [1.54, 1.807) is 0 Å². The third kappa shape index (κ3) is 1.13. The van der Waals surface area contributed by atoms with Crippen LogP contribution in [0, 0.1) is 11.8 Å². The summed E-state index contributed by atoms with van der Waals surface area (Å²) in [6, 6.07) is -0.306. The molecule has 0 aromatic heterocycles. The predicted octanol–water partition coefficient (Wildman–Crippen LogP) is 1.29. The van der Waals surface area contributed by atoms with Gasteiger partial charge in [-0.3, -0.25) is 10.1 Å². The van der Waals surface area contributed by atoms with Gasteiger partial charge < -0.3 is 5.11 Å². The number of hydrogen-bond acceptors (Lipinski definition) is 3. The van der Waals surface area contributed by atoms with Crippen LogP contribution in [0.1, 0.15) is 25.7 Å². The molecular formula is C10H15NO2S. The lowest BCUT2D eigenvalue weighted by Crippen LogP contribution is -2.48. The van der Waals surface area contributed by atoms with Crippen molar-refractivity contribution < 1.29 is 9.90 Å². The molecule has 1 heterocycles. The van der Waals surface area contributed by atoms with Crippen LogP contribution in [0.4, 0.5) is 0 Å². The van der Waals surface area contributed by atoms with Gasteiger partial charge in [0.2, 0.25) is 0 Å². The zero-order valence-corrected chi connectivity index (χ0v) is 8.85. The highest BCUT2D eigenvalue weighted by atomic mass is 32.2. The van der Waals surface area contributed by atoms with Crippen LogP contribution in [0.15, 0.2) is 0 Å². The van der Waals surface area contributed by atoms with Gasteiger partial charge in [-0.15, -0.1) is 11.8 Å². The number of carboxylic acids is 1. The summed E-state index contributed by atoms with van der Waals surface area (Å²) in [5.41, 5.74) is 0. The van der Waals surface area contributed by atoms with Crippen molar-refractivity contribution in [1.29, 1.82) is 0 Å². The minimum atomic E-state index is -0.683. The van der Waals surface area contributed by atoms with Crippen molar-refractivity contribution in [2.24, 2.45) is 11.8 Å². The van der Waals surface area contributed by atoms with Gasteiger partial charge in [-0.1, -0.05) is 0 Å². The van der Waals surface area contributed by atoms with Crippen molar-refractivity contribution in [3.63, 3.8) is 0 Å². The summed E-state index contributed by atoms with van der Waals surface area (Å²) < 4.78 is 0. The Balaban J connectivity index is 1.78. The third-order valence-electron chi connectivity index (χ3n) is 4.02. The molecule has 0 radical (unpaired) electrons. The average Bonchev–Trinajstić information content (AvgIpc) is 2.79. The molecule has 1 aliphatic heterocycles. The van der Waals surface area contributed by atoms with Crippen LogP contribution in [-0.4, -0.2) is 27.7 Å². The molecule has 14 heavy (non-hydrogen) atoms. The fraction of sp³-hybridized carbons (Fsp3) is 0.900. The molecule has 78 valence electrons. The molecule has 3 nitrogen and oxygen atoms in total. The fourth-order valence-electron chi connectivity index (χ4n) is 3.38. The monoisotopic (exact) mass is 213 g/mol. The van der Waals surface area contributed by atoms with Gasteiger partial charge in [0.15, 0.2) is 0 Å². The number of nitrogens with one attached hydrogen (secondary N) is 1. The number of carbonyl (C=O) groups is 1. The molecule has 3 unspecified atom stereocenters. The second-order valence-electron chi connectivity index (χ2n) is 4.82. The maximum absolute atomic E-state index is 10.9. The van der Waals surface area contributed by atoms with Crippen LogP contribution >= 0.6 is 11.8 Å². The molecule has 4 atom stereocenters. The van der Waals surface area contributed by atoms with Gasteiger partial charge in [0.25, 0.3) is 0 Å². The molecule has 4 heteroatoms. The lowest BCUT2D eigenvalue weighted by atomic mass is 9.94. The maximum atomic E-state index is 10.9. The molecule has 0 aromatic carbocycles. The van der Waals surface area contributed by atoms with Gasteiger partial charge in [0.05, 0.1) is 4.87 Å². The summed E-state index contributed by atoms with van der Waals surface area (Å²) in [4.78, 5) is 11.0. The van der Waals surface area contributed by atoms with Crippen molar-refractivity contribution in [3.8, 4) is 0 Å². The van der Waals surface area contributed by atoms with Crippen molar-refractivity contribution >= 4 is 17.7 Å². The summed E-state index contributed by atoms with van der Waals surface area (Å²) in [6.45, 7) is 0. The molecule has 0 amide bonds. The van der Waals surface area contributed by atoms with Crippen LogP contribution in [0.3, 0.4) is 0 Å². The highest BCUT2D eigenvalue weighted by Gasteiger charge is 2.55. The molecule has 2 N–H and O–H groups in total. The first-order chi connectivity index (χ1) is 6.70. The van der Waals surface area contributed by atoms with E-state index >= 15 is 0 Å². The second kappa shape index (κ2) is 2.89. The third-order valence-corrected chi connectivity index (χ3v) is 5.65. The molecule has 2 bridgehead atoms. The zero-order valence-electron chi connectivity index (χ0n) is 8.03.